The lowest BCUT2D eigenvalue weighted by Gasteiger charge is -2.29. The molecular weight excluding hydrogens is 472 g/mol. The van der Waals surface area contributed by atoms with Crippen LogP contribution >= 0.6 is 12.2 Å². The van der Waals surface area contributed by atoms with Crippen LogP contribution < -0.4 is 10.6 Å². The summed E-state index contributed by atoms with van der Waals surface area (Å²) in [7, 11) is 0. The number of nitrogens with zero attached hydrogens (tertiary/aromatic N) is 4. The number of aromatic nitrogens is 2. The number of hydrogen-bond donors (Lipinski definition) is 2. The monoisotopic (exact) mass is 498 g/mol. The summed E-state index contributed by atoms with van der Waals surface area (Å²) in [5.41, 5.74) is 3.95. The molecule has 0 saturated carbocycles. The molecule has 2 N–H and O–H groups in total. The summed E-state index contributed by atoms with van der Waals surface area (Å²) < 4.78 is 2.06. The number of nitro groups is 1. The van der Waals surface area contributed by atoms with Crippen molar-refractivity contribution >= 4 is 28.7 Å². The SMILES string of the molecule is O=[N+]([O-])c1ccc(-n2cccc2[C@@H]2[C@H](c3ccccn3)NC(=S)N2CCCNc2ccccc2)cc1. The number of thiocarbonyl (C=S) groups is 1. The van der Waals surface area contributed by atoms with E-state index in [-0.39, 0.29) is 22.7 Å². The quantitative estimate of drug-likeness (QED) is 0.141. The molecule has 5 rings (SSSR count). The number of nitro benzene ring substituents is 1. The van der Waals surface area contributed by atoms with E-state index in [0.29, 0.717) is 5.11 Å². The highest BCUT2D eigenvalue weighted by Crippen LogP contribution is 2.39. The molecule has 9 heteroatoms. The Morgan fingerprint density at radius 1 is 1.00 bits per heavy atom. The minimum Gasteiger partial charge on any atom is -0.385 e. The van der Waals surface area contributed by atoms with Gasteiger partial charge in [0, 0.05) is 54.7 Å². The zero-order valence-electron chi connectivity index (χ0n) is 19.5. The molecule has 0 unspecified atom stereocenters. The highest BCUT2D eigenvalue weighted by molar-refractivity contribution is 7.80. The third-order valence-corrected chi connectivity index (χ3v) is 6.65. The van der Waals surface area contributed by atoms with Gasteiger partial charge >= 0.3 is 0 Å². The van der Waals surface area contributed by atoms with Crippen molar-refractivity contribution in [2.75, 3.05) is 18.4 Å². The van der Waals surface area contributed by atoms with Gasteiger partial charge in [-0.1, -0.05) is 24.3 Å². The van der Waals surface area contributed by atoms with Crippen molar-refractivity contribution in [3.05, 3.63) is 119 Å². The molecule has 0 aliphatic carbocycles. The smallest absolute Gasteiger partial charge is 0.269 e. The van der Waals surface area contributed by atoms with E-state index in [2.05, 4.69) is 43.3 Å². The van der Waals surface area contributed by atoms with E-state index in [9.17, 15) is 10.1 Å². The van der Waals surface area contributed by atoms with E-state index in [1.165, 1.54) is 12.1 Å². The third kappa shape index (κ3) is 4.92. The fraction of sp³-hybridized carbons (Fsp3) is 0.185. The molecule has 1 aliphatic heterocycles. The summed E-state index contributed by atoms with van der Waals surface area (Å²) in [6, 6.07) is 26.5. The van der Waals surface area contributed by atoms with Crippen LogP contribution in [0.1, 0.15) is 29.9 Å². The van der Waals surface area contributed by atoms with E-state index in [1.807, 2.05) is 48.7 Å². The standard InChI is InChI=1S/C27H26N6O2S/c34-33(35)22-14-12-21(13-15-22)31-18-6-11-24(31)26-25(23-10-4-5-16-29-23)30-27(36)32(26)19-7-17-28-20-8-2-1-3-9-20/h1-6,8-16,18,25-26,28H,7,17,19H2,(H,30,36)/t25-,26+/m0/s1. The number of anilines is 1. The first kappa shape index (κ1) is 23.5. The zero-order chi connectivity index (χ0) is 24.9. The Morgan fingerprint density at radius 2 is 1.78 bits per heavy atom. The molecule has 0 radical (unpaired) electrons. The van der Waals surface area contributed by atoms with Crippen LogP contribution in [-0.2, 0) is 0 Å². The summed E-state index contributed by atoms with van der Waals surface area (Å²) in [5.74, 6) is 0. The largest absolute Gasteiger partial charge is 0.385 e. The van der Waals surface area contributed by atoms with Crippen molar-refractivity contribution in [2.24, 2.45) is 0 Å². The van der Waals surface area contributed by atoms with Gasteiger partial charge in [0.15, 0.2) is 5.11 Å². The Morgan fingerprint density at radius 3 is 2.50 bits per heavy atom. The maximum atomic E-state index is 11.1. The molecule has 0 spiro atoms. The van der Waals surface area contributed by atoms with Crippen molar-refractivity contribution in [3.63, 3.8) is 0 Å². The summed E-state index contributed by atoms with van der Waals surface area (Å²) >= 11 is 5.80. The minimum atomic E-state index is -0.387. The molecule has 0 bridgehead atoms. The summed E-state index contributed by atoms with van der Waals surface area (Å²) in [4.78, 5) is 17.6. The summed E-state index contributed by atoms with van der Waals surface area (Å²) in [5, 5.41) is 18.8. The maximum absolute atomic E-state index is 11.1. The van der Waals surface area contributed by atoms with E-state index < -0.39 is 0 Å². The molecule has 8 nitrogen and oxygen atoms in total. The van der Waals surface area contributed by atoms with Crippen molar-refractivity contribution in [1.29, 1.82) is 0 Å². The molecule has 2 aromatic heterocycles. The van der Waals surface area contributed by atoms with Gasteiger partial charge in [-0.25, -0.2) is 0 Å². The minimum absolute atomic E-state index is 0.0649. The van der Waals surface area contributed by atoms with Gasteiger partial charge in [-0.3, -0.25) is 15.1 Å². The maximum Gasteiger partial charge on any atom is 0.269 e. The van der Waals surface area contributed by atoms with Crippen LogP contribution in [0.25, 0.3) is 5.69 Å². The Kier molecular flexibility index (Phi) is 6.90. The normalized spacial score (nSPS) is 17.1. The van der Waals surface area contributed by atoms with Crippen molar-refractivity contribution in [2.45, 2.75) is 18.5 Å². The van der Waals surface area contributed by atoms with Crippen LogP contribution in [0.15, 0.2) is 97.3 Å². The lowest BCUT2D eigenvalue weighted by molar-refractivity contribution is -0.384. The van der Waals surface area contributed by atoms with Crippen LogP contribution in [0.4, 0.5) is 11.4 Å². The van der Waals surface area contributed by atoms with Gasteiger partial charge in [0.25, 0.3) is 5.69 Å². The van der Waals surface area contributed by atoms with Crippen LogP contribution in [0, 0.1) is 10.1 Å². The average molecular weight is 499 g/mol. The van der Waals surface area contributed by atoms with E-state index in [0.717, 1.165) is 42.3 Å². The first-order chi connectivity index (χ1) is 17.6. The fourth-order valence-corrected chi connectivity index (χ4v) is 4.94. The van der Waals surface area contributed by atoms with Gasteiger partial charge in [-0.2, -0.15) is 0 Å². The third-order valence-electron chi connectivity index (χ3n) is 6.30. The van der Waals surface area contributed by atoms with Gasteiger partial charge in [0.05, 0.1) is 22.7 Å². The van der Waals surface area contributed by atoms with Crippen molar-refractivity contribution in [1.82, 2.24) is 19.8 Å². The van der Waals surface area contributed by atoms with Gasteiger partial charge in [0.1, 0.15) is 0 Å². The Bertz CT molecular complexity index is 1330. The van der Waals surface area contributed by atoms with Gasteiger partial charge in [-0.05, 0) is 67.2 Å². The lowest BCUT2D eigenvalue weighted by atomic mass is 10.0. The number of hydrogen-bond acceptors (Lipinski definition) is 5. The van der Waals surface area contributed by atoms with Crippen molar-refractivity contribution in [3.8, 4) is 5.69 Å². The Labute approximate surface area is 214 Å². The van der Waals surface area contributed by atoms with Crippen LogP contribution in [0.5, 0.6) is 0 Å². The molecule has 4 aromatic rings. The van der Waals surface area contributed by atoms with Gasteiger partial charge in [0.2, 0.25) is 0 Å². The highest BCUT2D eigenvalue weighted by Gasteiger charge is 2.40. The number of para-hydroxylation sites is 1. The average Bonchev–Trinajstić information content (AvgIpc) is 3.52. The number of nitrogens with one attached hydrogen (secondary N) is 2. The summed E-state index contributed by atoms with van der Waals surface area (Å²) in [6.07, 6.45) is 4.65. The molecule has 2 aromatic carbocycles. The number of rotatable bonds is 9. The zero-order valence-corrected chi connectivity index (χ0v) is 20.3. The second-order valence-corrected chi connectivity index (χ2v) is 8.93. The number of non-ortho nitro benzene ring substituents is 1. The molecule has 3 heterocycles. The Balaban J connectivity index is 1.42. The van der Waals surface area contributed by atoms with E-state index >= 15 is 0 Å². The van der Waals surface area contributed by atoms with Gasteiger partial charge < -0.3 is 20.1 Å². The highest BCUT2D eigenvalue weighted by atomic mass is 32.1. The second kappa shape index (κ2) is 10.6. The topological polar surface area (TPSA) is 88.3 Å². The molecule has 1 aliphatic rings. The summed E-state index contributed by atoms with van der Waals surface area (Å²) in [6.45, 7) is 1.57. The van der Waals surface area contributed by atoms with Crippen LogP contribution in [-0.4, -0.2) is 37.6 Å². The molecule has 2 atom stereocenters. The molecule has 36 heavy (non-hydrogen) atoms. The molecule has 182 valence electrons. The lowest BCUT2D eigenvalue weighted by Crippen LogP contribution is -2.32. The number of pyridine rings is 1. The van der Waals surface area contributed by atoms with Crippen LogP contribution in [0.2, 0.25) is 0 Å². The van der Waals surface area contributed by atoms with E-state index in [4.69, 9.17) is 12.2 Å². The second-order valence-electron chi connectivity index (χ2n) is 8.54. The molecule has 1 saturated heterocycles. The van der Waals surface area contributed by atoms with Gasteiger partial charge in [-0.15, -0.1) is 0 Å². The fourth-order valence-electron chi connectivity index (χ4n) is 4.61. The van der Waals surface area contributed by atoms with E-state index in [1.54, 1.807) is 18.3 Å². The first-order valence-electron chi connectivity index (χ1n) is 11.8. The molecule has 0 amide bonds. The first-order valence-corrected chi connectivity index (χ1v) is 12.2. The van der Waals surface area contributed by atoms with Crippen molar-refractivity contribution < 1.29 is 4.92 Å². The van der Waals surface area contributed by atoms with Crippen LogP contribution in [0.3, 0.4) is 0 Å². The Hall–Kier alpha value is -4.24. The predicted octanol–water partition coefficient (Wildman–Crippen LogP) is 5.26. The predicted molar refractivity (Wildman–Crippen MR) is 144 cm³/mol. The molecule has 1 fully saturated rings. The molecular formula is C27H26N6O2S. The number of benzene rings is 2.